The SMILES string of the molecule is CS(=O)(=O)N(CC(=O)N(Cc1ccccc1Cl)[C@H](Cc1ccccc1)C(=O)NC1CCCCC1)c1cc(C(F)(F)F)ccc1Cl. The lowest BCUT2D eigenvalue weighted by Gasteiger charge is -2.35. The van der Waals surface area contributed by atoms with Gasteiger partial charge in [-0.15, -0.1) is 0 Å². The molecule has 1 atom stereocenters. The normalized spacial score (nSPS) is 14.9. The van der Waals surface area contributed by atoms with Crippen molar-refractivity contribution in [3.8, 4) is 0 Å². The van der Waals surface area contributed by atoms with Gasteiger partial charge in [-0.1, -0.05) is 91.0 Å². The molecule has 0 spiro atoms. The van der Waals surface area contributed by atoms with Crippen LogP contribution in [0.3, 0.4) is 0 Å². The second-order valence-electron chi connectivity index (χ2n) is 11.1. The van der Waals surface area contributed by atoms with E-state index in [-0.39, 0.29) is 24.0 Å². The number of anilines is 1. The molecule has 0 unspecified atom stereocenters. The zero-order valence-electron chi connectivity index (χ0n) is 24.6. The molecule has 0 radical (unpaired) electrons. The average molecular weight is 685 g/mol. The predicted molar refractivity (Wildman–Crippen MR) is 170 cm³/mol. The molecule has 0 aliphatic heterocycles. The van der Waals surface area contributed by atoms with Crippen molar-refractivity contribution < 1.29 is 31.2 Å². The third-order valence-corrected chi connectivity index (χ3v) is 9.56. The van der Waals surface area contributed by atoms with Crippen LogP contribution in [0.4, 0.5) is 18.9 Å². The summed E-state index contributed by atoms with van der Waals surface area (Å²) >= 11 is 12.7. The fourth-order valence-electron chi connectivity index (χ4n) is 5.38. The molecule has 4 rings (SSSR count). The van der Waals surface area contributed by atoms with Gasteiger partial charge in [0.2, 0.25) is 21.8 Å². The number of hydrogen-bond acceptors (Lipinski definition) is 4. The summed E-state index contributed by atoms with van der Waals surface area (Å²) in [7, 11) is -4.33. The highest BCUT2D eigenvalue weighted by Gasteiger charge is 2.36. The fourth-order valence-corrected chi connectivity index (χ4v) is 6.70. The Morgan fingerprint density at radius 1 is 0.933 bits per heavy atom. The number of sulfonamides is 1. The predicted octanol–water partition coefficient (Wildman–Crippen LogP) is 6.87. The van der Waals surface area contributed by atoms with Crippen molar-refractivity contribution in [3.63, 3.8) is 0 Å². The van der Waals surface area contributed by atoms with Crippen molar-refractivity contribution in [1.82, 2.24) is 10.2 Å². The van der Waals surface area contributed by atoms with Gasteiger partial charge < -0.3 is 10.2 Å². The molecule has 1 aliphatic rings. The standard InChI is InChI=1S/C32H34Cl2F3N3O4S/c1-45(43,44)40(28-19-24(32(35,36)37)16-17-27(28)34)21-30(41)39(20-23-12-8-9-15-26(23)33)29(18-22-10-4-2-5-11-22)31(42)38-25-13-6-3-7-14-25/h2,4-5,8-12,15-17,19,25,29H,3,6-7,13-14,18,20-21H2,1H3,(H,38,42)/t29-/m1/s1. The Labute approximate surface area is 271 Å². The number of alkyl halides is 3. The summed E-state index contributed by atoms with van der Waals surface area (Å²) < 4.78 is 67.3. The van der Waals surface area contributed by atoms with Gasteiger partial charge in [0, 0.05) is 24.0 Å². The minimum atomic E-state index is -4.79. The Bertz CT molecular complexity index is 1600. The molecule has 1 aliphatic carbocycles. The Hall–Kier alpha value is -3.28. The largest absolute Gasteiger partial charge is 0.416 e. The zero-order valence-corrected chi connectivity index (χ0v) is 26.9. The number of nitrogens with one attached hydrogen (secondary N) is 1. The Balaban J connectivity index is 1.77. The molecule has 0 heterocycles. The number of nitrogens with zero attached hydrogens (tertiary/aromatic N) is 2. The highest BCUT2D eigenvalue weighted by Crippen LogP contribution is 2.36. The van der Waals surface area contributed by atoms with Crippen LogP contribution < -0.4 is 9.62 Å². The molecule has 1 saturated carbocycles. The summed E-state index contributed by atoms with van der Waals surface area (Å²) in [5, 5.41) is 3.10. The third-order valence-electron chi connectivity index (χ3n) is 7.74. The van der Waals surface area contributed by atoms with E-state index in [0.29, 0.717) is 21.0 Å². The van der Waals surface area contributed by atoms with Gasteiger partial charge >= 0.3 is 6.18 Å². The van der Waals surface area contributed by atoms with Gasteiger partial charge in [-0.25, -0.2) is 8.42 Å². The van der Waals surface area contributed by atoms with Crippen molar-refractivity contribution in [2.24, 2.45) is 0 Å². The van der Waals surface area contributed by atoms with Crippen LogP contribution in [-0.2, 0) is 38.8 Å². The molecule has 0 aromatic heterocycles. The first-order valence-electron chi connectivity index (χ1n) is 14.5. The fraction of sp³-hybridized carbons (Fsp3) is 0.375. The van der Waals surface area contributed by atoms with E-state index in [0.717, 1.165) is 56.1 Å². The molecule has 45 heavy (non-hydrogen) atoms. The Kier molecular flexibility index (Phi) is 11.4. The van der Waals surface area contributed by atoms with E-state index in [9.17, 15) is 31.2 Å². The summed E-state index contributed by atoms with van der Waals surface area (Å²) in [5.74, 6) is -1.25. The second kappa shape index (κ2) is 14.9. The van der Waals surface area contributed by atoms with Crippen molar-refractivity contribution in [2.75, 3.05) is 17.1 Å². The van der Waals surface area contributed by atoms with Crippen LogP contribution in [0.2, 0.25) is 10.0 Å². The number of benzene rings is 3. The maximum atomic E-state index is 14.2. The maximum absolute atomic E-state index is 14.2. The summed E-state index contributed by atoms with van der Waals surface area (Å²) in [6, 6.07) is 16.8. The first-order chi connectivity index (χ1) is 21.2. The monoisotopic (exact) mass is 683 g/mol. The maximum Gasteiger partial charge on any atom is 0.416 e. The molecule has 0 bridgehead atoms. The molecule has 2 amide bonds. The summed E-state index contributed by atoms with van der Waals surface area (Å²) in [5.41, 5.74) is -0.394. The van der Waals surface area contributed by atoms with Crippen LogP contribution in [0.15, 0.2) is 72.8 Å². The van der Waals surface area contributed by atoms with Crippen molar-refractivity contribution >= 4 is 50.7 Å². The van der Waals surface area contributed by atoms with Gasteiger partial charge in [0.1, 0.15) is 12.6 Å². The minimum Gasteiger partial charge on any atom is -0.352 e. The van der Waals surface area contributed by atoms with Gasteiger partial charge in [-0.2, -0.15) is 13.2 Å². The van der Waals surface area contributed by atoms with Gasteiger partial charge in [-0.05, 0) is 48.2 Å². The number of hydrogen-bond donors (Lipinski definition) is 1. The topological polar surface area (TPSA) is 86.8 Å². The molecule has 1 N–H and O–H groups in total. The van der Waals surface area contributed by atoms with Crippen LogP contribution in [0, 0.1) is 0 Å². The molecule has 242 valence electrons. The second-order valence-corrected chi connectivity index (χ2v) is 13.8. The number of halogens is 5. The van der Waals surface area contributed by atoms with Gasteiger partial charge in [0.15, 0.2) is 0 Å². The van der Waals surface area contributed by atoms with Gasteiger partial charge in [-0.3, -0.25) is 13.9 Å². The Morgan fingerprint density at radius 2 is 1.58 bits per heavy atom. The van der Waals surface area contributed by atoms with Gasteiger partial charge in [0.05, 0.1) is 22.5 Å². The molecule has 7 nitrogen and oxygen atoms in total. The quantitative estimate of drug-likeness (QED) is 0.239. The van der Waals surface area contributed by atoms with E-state index in [1.807, 2.05) is 18.2 Å². The van der Waals surface area contributed by atoms with Crippen molar-refractivity contribution in [3.05, 3.63) is 99.5 Å². The highest BCUT2D eigenvalue weighted by molar-refractivity contribution is 7.92. The average Bonchev–Trinajstić information content (AvgIpc) is 2.98. The minimum absolute atomic E-state index is 0.0850. The smallest absolute Gasteiger partial charge is 0.352 e. The first kappa shape index (κ1) is 34.6. The van der Waals surface area contributed by atoms with E-state index >= 15 is 0 Å². The Morgan fingerprint density at radius 3 is 2.20 bits per heavy atom. The van der Waals surface area contributed by atoms with Crippen molar-refractivity contribution in [1.29, 1.82) is 0 Å². The molecular formula is C32H34Cl2F3N3O4S. The molecule has 0 saturated heterocycles. The lowest BCUT2D eigenvalue weighted by molar-refractivity contribution is -0.140. The summed E-state index contributed by atoms with van der Waals surface area (Å²) in [6.07, 6.45) is 0.633. The van der Waals surface area contributed by atoms with E-state index in [4.69, 9.17) is 23.2 Å². The summed E-state index contributed by atoms with van der Waals surface area (Å²) in [6.45, 7) is -1.08. The van der Waals surface area contributed by atoms with Crippen LogP contribution in [0.5, 0.6) is 0 Å². The third kappa shape index (κ3) is 9.37. The molecular weight excluding hydrogens is 650 g/mol. The van der Waals surface area contributed by atoms with Crippen molar-refractivity contribution in [2.45, 2.75) is 63.3 Å². The number of rotatable bonds is 11. The lowest BCUT2D eigenvalue weighted by Crippen LogP contribution is -2.55. The van der Waals surface area contributed by atoms with E-state index < -0.39 is 51.9 Å². The number of carbonyl (C=O) groups is 2. The lowest BCUT2D eigenvalue weighted by atomic mass is 9.94. The molecule has 3 aromatic rings. The van der Waals surface area contributed by atoms with E-state index in [1.165, 1.54) is 4.90 Å². The van der Waals surface area contributed by atoms with Crippen LogP contribution >= 0.6 is 23.2 Å². The van der Waals surface area contributed by atoms with Crippen LogP contribution in [-0.4, -0.2) is 50.0 Å². The van der Waals surface area contributed by atoms with Crippen LogP contribution in [0.1, 0.15) is 48.8 Å². The highest BCUT2D eigenvalue weighted by atomic mass is 35.5. The van der Waals surface area contributed by atoms with E-state index in [1.54, 1.807) is 36.4 Å². The molecule has 3 aromatic carbocycles. The van der Waals surface area contributed by atoms with Crippen LogP contribution in [0.25, 0.3) is 0 Å². The molecule has 13 heteroatoms. The summed E-state index contributed by atoms with van der Waals surface area (Å²) in [4.78, 5) is 29.5. The first-order valence-corrected chi connectivity index (χ1v) is 17.1. The molecule has 1 fully saturated rings. The zero-order chi connectivity index (χ0) is 32.8. The number of amides is 2. The van der Waals surface area contributed by atoms with Gasteiger partial charge in [0.25, 0.3) is 0 Å². The number of carbonyl (C=O) groups excluding carboxylic acids is 2. The van der Waals surface area contributed by atoms with E-state index in [2.05, 4.69) is 5.32 Å².